The number of alkyl halides is 1. The second kappa shape index (κ2) is 11.9. The van der Waals surface area contributed by atoms with E-state index >= 15 is 4.39 Å². The number of nitrogens with zero attached hydrogens (tertiary/aromatic N) is 2. The maximum absolute atomic E-state index is 15.3. The van der Waals surface area contributed by atoms with Gasteiger partial charge in [0.05, 0.1) is 29.6 Å². The number of fused-ring (bicyclic) bond motifs is 1. The molecule has 1 saturated carbocycles. The van der Waals surface area contributed by atoms with Crippen LogP contribution in [0.15, 0.2) is 54.7 Å². The molecule has 0 bridgehead atoms. The van der Waals surface area contributed by atoms with Gasteiger partial charge in [-0.3, -0.25) is 14.6 Å². The van der Waals surface area contributed by atoms with Crippen molar-refractivity contribution in [1.29, 1.82) is 0 Å². The van der Waals surface area contributed by atoms with E-state index in [2.05, 4.69) is 15.6 Å². The van der Waals surface area contributed by atoms with Gasteiger partial charge in [-0.15, -0.1) is 4.48 Å². The Kier molecular flexibility index (Phi) is 8.32. The van der Waals surface area contributed by atoms with E-state index in [0.717, 1.165) is 5.39 Å². The number of aromatic nitrogens is 1. The Morgan fingerprint density at radius 3 is 2.46 bits per heavy atom. The molecule has 11 heteroatoms. The van der Waals surface area contributed by atoms with Crippen molar-refractivity contribution in [2.24, 2.45) is 5.92 Å². The molecule has 4 amide bonds. The van der Waals surface area contributed by atoms with Crippen LogP contribution in [0.25, 0.3) is 10.8 Å². The first-order valence-electron chi connectivity index (χ1n) is 13.7. The third kappa shape index (κ3) is 5.80. The van der Waals surface area contributed by atoms with Gasteiger partial charge in [-0.2, -0.15) is 4.39 Å². The number of imide groups is 1. The molecular weight excluding hydrogens is 551 g/mol. The number of hydrogen-bond acceptors (Lipinski definition) is 5. The molecule has 1 saturated heterocycles. The van der Waals surface area contributed by atoms with E-state index in [4.69, 9.17) is 11.6 Å². The van der Waals surface area contributed by atoms with E-state index in [1.807, 2.05) is 24.3 Å². The van der Waals surface area contributed by atoms with Crippen LogP contribution < -0.4 is 10.6 Å². The van der Waals surface area contributed by atoms with Crippen LogP contribution in [0.2, 0.25) is 5.02 Å². The molecular formula is C30H31ClFN4O5+. The van der Waals surface area contributed by atoms with Gasteiger partial charge in [0.2, 0.25) is 6.30 Å². The average molecular weight is 582 g/mol. The van der Waals surface area contributed by atoms with Crippen LogP contribution in [-0.2, 0) is 16.0 Å². The van der Waals surface area contributed by atoms with Gasteiger partial charge < -0.3 is 15.7 Å². The Hall–Kier alpha value is -3.89. The number of rotatable bonds is 6. The van der Waals surface area contributed by atoms with E-state index in [-0.39, 0.29) is 36.1 Å². The molecule has 41 heavy (non-hydrogen) atoms. The Morgan fingerprint density at radius 2 is 1.78 bits per heavy atom. The van der Waals surface area contributed by atoms with E-state index in [0.29, 0.717) is 48.7 Å². The number of pyridine rings is 1. The number of carboxylic acid groups (broad SMARTS) is 1. The number of anilines is 1. The summed E-state index contributed by atoms with van der Waals surface area (Å²) in [6.45, 7) is 0.0518. The van der Waals surface area contributed by atoms with Crippen LogP contribution in [0.3, 0.4) is 0 Å². The molecule has 1 aliphatic heterocycles. The van der Waals surface area contributed by atoms with Gasteiger partial charge in [0.15, 0.2) is 0 Å². The Bertz CT molecular complexity index is 1500. The predicted molar refractivity (Wildman–Crippen MR) is 151 cm³/mol. The molecule has 1 aliphatic carbocycles. The summed E-state index contributed by atoms with van der Waals surface area (Å²) in [5.74, 6) is -2.33. The number of carboxylic acids is 1. The monoisotopic (exact) mass is 581 g/mol. The Balaban J connectivity index is 1.28. The number of nitrogens with one attached hydrogen (secondary N) is 2. The molecule has 214 valence electrons. The largest absolute Gasteiger partial charge is 0.481 e. The SMILES string of the molecule is O=C(Nc1ccc(CC(=O)[N+]2(C(=O)NC3CCC(C(=O)O)CC3)CCCC2F)cc1Cl)c1nccc2ccccc12. The molecule has 2 aromatic carbocycles. The number of hydrogen-bond donors (Lipinski definition) is 3. The van der Waals surface area contributed by atoms with Crippen molar-refractivity contribution in [3.63, 3.8) is 0 Å². The Morgan fingerprint density at radius 1 is 1.02 bits per heavy atom. The minimum absolute atomic E-state index is 0.0518. The topological polar surface area (TPSA) is 125 Å². The van der Waals surface area contributed by atoms with E-state index in [1.54, 1.807) is 24.4 Å². The lowest BCUT2D eigenvalue weighted by Gasteiger charge is -2.33. The fourth-order valence-corrected chi connectivity index (χ4v) is 6.09. The molecule has 0 spiro atoms. The van der Waals surface area contributed by atoms with Crippen LogP contribution in [0.4, 0.5) is 14.9 Å². The summed E-state index contributed by atoms with van der Waals surface area (Å²) in [7, 11) is 0. The first kappa shape index (κ1) is 28.6. The van der Waals surface area contributed by atoms with Crippen LogP contribution in [0.5, 0.6) is 0 Å². The van der Waals surface area contributed by atoms with Crippen LogP contribution in [0.1, 0.15) is 54.6 Å². The molecule has 5 rings (SSSR count). The lowest BCUT2D eigenvalue weighted by molar-refractivity contribution is -0.804. The van der Waals surface area contributed by atoms with Crippen LogP contribution >= 0.6 is 11.6 Å². The van der Waals surface area contributed by atoms with Crippen molar-refractivity contribution in [1.82, 2.24) is 10.3 Å². The molecule has 1 aromatic heterocycles. The minimum atomic E-state index is -1.67. The molecule has 3 aromatic rings. The zero-order chi connectivity index (χ0) is 29.1. The van der Waals surface area contributed by atoms with Crippen molar-refractivity contribution in [2.75, 3.05) is 11.9 Å². The molecule has 2 heterocycles. The number of urea groups is 1. The van der Waals surface area contributed by atoms with E-state index in [9.17, 15) is 24.3 Å². The van der Waals surface area contributed by atoms with Gasteiger partial charge in [-0.05, 0) is 54.8 Å². The highest BCUT2D eigenvalue weighted by molar-refractivity contribution is 6.34. The zero-order valence-electron chi connectivity index (χ0n) is 22.3. The average Bonchev–Trinajstić information content (AvgIpc) is 3.36. The number of amides is 4. The van der Waals surface area contributed by atoms with Crippen molar-refractivity contribution in [3.8, 4) is 0 Å². The highest BCUT2D eigenvalue weighted by Crippen LogP contribution is 2.33. The first-order chi connectivity index (χ1) is 19.7. The Labute approximate surface area is 241 Å². The van der Waals surface area contributed by atoms with Crippen LogP contribution in [-0.4, -0.2) is 57.3 Å². The van der Waals surface area contributed by atoms with Gasteiger partial charge in [-0.1, -0.05) is 41.9 Å². The van der Waals surface area contributed by atoms with Crippen molar-refractivity contribution < 1.29 is 33.2 Å². The number of halogens is 2. The van der Waals surface area contributed by atoms with E-state index < -0.39 is 40.5 Å². The number of quaternary nitrogens is 1. The van der Waals surface area contributed by atoms with Crippen molar-refractivity contribution >= 4 is 51.9 Å². The second-order valence-corrected chi connectivity index (χ2v) is 11.1. The number of likely N-dealkylation sites (tertiary alicyclic amines) is 1. The summed E-state index contributed by atoms with van der Waals surface area (Å²) < 4.78 is 14.3. The fourth-order valence-electron chi connectivity index (χ4n) is 5.83. The second-order valence-electron chi connectivity index (χ2n) is 10.7. The lowest BCUT2D eigenvalue weighted by Crippen LogP contribution is -2.64. The molecule has 0 radical (unpaired) electrons. The summed E-state index contributed by atoms with van der Waals surface area (Å²) >= 11 is 6.46. The van der Waals surface area contributed by atoms with E-state index in [1.165, 1.54) is 6.07 Å². The van der Waals surface area contributed by atoms with Gasteiger partial charge >= 0.3 is 17.9 Å². The number of carbonyl (C=O) groups is 4. The van der Waals surface area contributed by atoms with Crippen molar-refractivity contribution in [3.05, 3.63) is 71.0 Å². The fraction of sp³-hybridized carbons (Fsp3) is 0.367. The summed E-state index contributed by atoms with van der Waals surface area (Å²) in [5.41, 5.74) is 1.05. The van der Waals surface area contributed by atoms with Gasteiger partial charge in [0.25, 0.3) is 5.91 Å². The molecule has 2 aliphatic rings. The van der Waals surface area contributed by atoms with Gasteiger partial charge in [-0.25, -0.2) is 9.59 Å². The third-order valence-electron chi connectivity index (χ3n) is 8.17. The molecule has 2 fully saturated rings. The molecule has 3 N–H and O–H groups in total. The normalized spacial score (nSPS) is 24.1. The standard InChI is InChI=1S/C30H30ClFN4O5/c31-23-16-18(7-12-24(23)35-28(38)27-22-5-2-1-4-19(22)13-14-33-27)17-26(37)36(15-3-6-25(36)32)30(41)34-21-10-8-20(9-11-21)29(39)40/h1-2,4-5,7,12-14,16,20-21,25H,3,6,8-11,15,17H2,(H2-,34,35,38,39,40,41)/p+1. The minimum Gasteiger partial charge on any atom is -0.481 e. The lowest BCUT2D eigenvalue weighted by atomic mass is 9.86. The highest BCUT2D eigenvalue weighted by Gasteiger charge is 2.55. The van der Waals surface area contributed by atoms with Crippen LogP contribution in [0, 0.1) is 5.92 Å². The molecule has 2 atom stereocenters. The smallest absolute Gasteiger partial charge is 0.426 e. The quantitative estimate of drug-likeness (QED) is 0.262. The zero-order valence-corrected chi connectivity index (χ0v) is 23.1. The first-order valence-corrected chi connectivity index (χ1v) is 14.1. The predicted octanol–water partition coefficient (Wildman–Crippen LogP) is 5.47. The van der Waals surface area contributed by atoms with Gasteiger partial charge in [0, 0.05) is 30.5 Å². The number of benzene rings is 2. The number of aliphatic carboxylic acids is 1. The summed E-state index contributed by atoms with van der Waals surface area (Å²) in [5, 5.41) is 16.6. The summed E-state index contributed by atoms with van der Waals surface area (Å²) in [6, 6.07) is 12.9. The summed E-state index contributed by atoms with van der Waals surface area (Å²) in [4.78, 5) is 55.3. The van der Waals surface area contributed by atoms with Gasteiger partial charge in [0.1, 0.15) is 5.69 Å². The number of carbonyl (C=O) groups excluding carboxylic acids is 3. The highest BCUT2D eigenvalue weighted by atomic mass is 35.5. The molecule has 9 nitrogen and oxygen atoms in total. The maximum atomic E-state index is 15.3. The molecule has 2 unspecified atom stereocenters. The third-order valence-corrected chi connectivity index (χ3v) is 8.48. The maximum Gasteiger partial charge on any atom is 0.426 e. The van der Waals surface area contributed by atoms with Crippen molar-refractivity contribution in [2.45, 2.75) is 57.3 Å². The summed E-state index contributed by atoms with van der Waals surface area (Å²) in [6.07, 6.45) is 1.92.